The largest absolute Gasteiger partial charge is 0.369 e. The number of nitrogens with one attached hydrogen (secondary N) is 2. The van der Waals surface area contributed by atoms with Crippen molar-refractivity contribution < 1.29 is 4.92 Å². The van der Waals surface area contributed by atoms with Crippen LogP contribution in [0.5, 0.6) is 0 Å². The van der Waals surface area contributed by atoms with Crippen molar-refractivity contribution in [3.63, 3.8) is 0 Å². The zero-order chi connectivity index (χ0) is 26.9. The summed E-state index contributed by atoms with van der Waals surface area (Å²) in [4.78, 5) is 15.2. The Balaban J connectivity index is 1.73. The Morgan fingerprint density at radius 3 is 2.32 bits per heavy atom. The molecule has 10 nitrogen and oxygen atoms in total. The topological polar surface area (TPSA) is 152 Å². The van der Waals surface area contributed by atoms with E-state index in [1.54, 1.807) is 6.92 Å². The monoisotopic (exact) mass is 502 g/mol. The molecule has 0 spiro atoms. The number of anilines is 3. The second kappa shape index (κ2) is 11.9. The average Bonchev–Trinajstić information content (AvgIpc) is 2.94. The Kier molecular flexibility index (Phi) is 7.97. The number of aromatic nitrogens is 1. The van der Waals surface area contributed by atoms with E-state index < -0.39 is 4.92 Å². The number of rotatable bonds is 9. The van der Waals surface area contributed by atoms with Gasteiger partial charge in [0.15, 0.2) is 5.82 Å². The van der Waals surface area contributed by atoms with Gasteiger partial charge in [-0.2, -0.15) is 10.5 Å². The van der Waals surface area contributed by atoms with Crippen LogP contribution in [-0.4, -0.2) is 16.5 Å². The Bertz CT molecular complexity index is 1570. The fourth-order valence-electron chi connectivity index (χ4n) is 3.71. The first-order valence-corrected chi connectivity index (χ1v) is 11.6. The fraction of sp³-hybridized carbons (Fsp3) is 0.107. The SMILES string of the molecule is Cc1c(C#N)c(NCCc2ccccc2)nc(Nc2ccccc2)c1N=Nc1ccc([N+](=O)[O-])cc1C#N. The number of azo groups is 1. The van der Waals surface area contributed by atoms with Gasteiger partial charge in [-0.1, -0.05) is 48.5 Å². The van der Waals surface area contributed by atoms with Crippen LogP contribution in [0.4, 0.5) is 34.4 Å². The van der Waals surface area contributed by atoms with Crippen molar-refractivity contribution in [2.45, 2.75) is 13.3 Å². The molecule has 10 heteroatoms. The number of nitro benzene ring substituents is 1. The van der Waals surface area contributed by atoms with Crippen LogP contribution < -0.4 is 10.6 Å². The highest BCUT2D eigenvalue weighted by Crippen LogP contribution is 2.37. The second-order valence-corrected chi connectivity index (χ2v) is 8.19. The highest BCUT2D eigenvalue weighted by Gasteiger charge is 2.18. The third kappa shape index (κ3) is 5.96. The molecule has 0 bridgehead atoms. The molecule has 4 rings (SSSR count). The van der Waals surface area contributed by atoms with Gasteiger partial charge >= 0.3 is 0 Å². The van der Waals surface area contributed by atoms with Crippen molar-refractivity contribution in [2.75, 3.05) is 17.2 Å². The van der Waals surface area contributed by atoms with Gasteiger partial charge in [0.1, 0.15) is 29.3 Å². The summed E-state index contributed by atoms with van der Waals surface area (Å²) in [6.07, 6.45) is 0.742. The smallest absolute Gasteiger partial charge is 0.270 e. The highest BCUT2D eigenvalue weighted by atomic mass is 16.6. The van der Waals surface area contributed by atoms with Gasteiger partial charge in [0, 0.05) is 29.9 Å². The van der Waals surface area contributed by atoms with Crippen LogP contribution in [0.1, 0.15) is 22.3 Å². The molecule has 1 heterocycles. The number of hydrogen-bond donors (Lipinski definition) is 2. The Labute approximate surface area is 219 Å². The molecule has 0 aliphatic heterocycles. The van der Waals surface area contributed by atoms with E-state index in [1.165, 1.54) is 12.1 Å². The Morgan fingerprint density at radius 1 is 0.947 bits per heavy atom. The summed E-state index contributed by atoms with van der Waals surface area (Å²) in [6, 6.07) is 27.2. The lowest BCUT2D eigenvalue weighted by atomic mass is 10.1. The van der Waals surface area contributed by atoms with E-state index in [2.05, 4.69) is 31.9 Å². The molecular weight excluding hydrogens is 480 g/mol. The van der Waals surface area contributed by atoms with E-state index in [4.69, 9.17) is 0 Å². The minimum absolute atomic E-state index is 0.00540. The molecule has 0 fully saturated rings. The van der Waals surface area contributed by atoms with Gasteiger partial charge in [0.25, 0.3) is 5.69 Å². The molecule has 4 aromatic rings. The number of benzene rings is 3. The van der Waals surface area contributed by atoms with Crippen LogP contribution in [0.2, 0.25) is 0 Å². The lowest BCUT2D eigenvalue weighted by Gasteiger charge is -2.16. The van der Waals surface area contributed by atoms with Crippen LogP contribution in [0.3, 0.4) is 0 Å². The van der Waals surface area contributed by atoms with Crippen molar-refractivity contribution in [1.29, 1.82) is 10.5 Å². The molecule has 0 aliphatic carbocycles. The summed E-state index contributed by atoms with van der Waals surface area (Å²) in [5, 5.41) is 45.5. The van der Waals surface area contributed by atoms with Crippen molar-refractivity contribution >= 4 is 34.4 Å². The first kappa shape index (κ1) is 25.5. The Morgan fingerprint density at radius 2 is 1.66 bits per heavy atom. The lowest BCUT2D eigenvalue weighted by molar-refractivity contribution is -0.384. The average molecular weight is 503 g/mol. The fourth-order valence-corrected chi connectivity index (χ4v) is 3.71. The summed E-state index contributed by atoms with van der Waals surface area (Å²) in [5.41, 5.74) is 3.01. The van der Waals surface area contributed by atoms with Crippen LogP contribution in [0.25, 0.3) is 0 Å². The van der Waals surface area contributed by atoms with E-state index in [-0.39, 0.29) is 16.9 Å². The number of nitro groups is 1. The maximum Gasteiger partial charge on any atom is 0.270 e. The molecule has 0 aliphatic rings. The molecule has 0 atom stereocenters. The normalized spacial score (nSPS) is 10.5. The molecule has 0 amide bonds. The van der Waals surface area contributed by atoms with Crippen molar-refractivity contribution in [1.82, 2.24) is 4.98 Å². The summed E-state index contributed by atoms with van der Waals surface area (Å²) < 4.78 is 0. The first-order valence-electron chi connectivity index (χ1n) is 11.6. The third-order valence-electron chi connectivity index (χ3n) is 5.68. The standard InChI is InChI=1S/C28H22N8O2/c1-19-24(18-30)27(31-15-14-20-8-4-2-5-9-20)33-28(32-22-10-6-3-7-11-22)26(19)35-34-25-13-12-23(36(37)38)16-21(25)17-29/h2-13,16H,14-15H2,1H3,(H2,31,32,33). The van der Waals surface area contributed by atoms with Gasteiger partial charge in [0.05, 0.1) is 16.1 Å². The number of nitriles is 2. The van der Waals surface area contributed by atoms with Crippen LogP contribution >= 0.6 is 0 Å². The molecular formula is C28H22N8O2. The zero-order valence-electron chi connectivity index (χ0n) is 20.4. The zero-order valence-corrected chi connectivity index (χ0v) is 20.4. The van der Waals surface area contributed by atoms with Crippen LogP contribution in [0, 0.1) is 39.7 Å². The van der Waals surface area contributed by atoms with Crippen molar-refractivity contribution in [2.24, 2.45) is 10.2 Å². The molecule has 1 aromatic heterocycles. The van der Waals surface area contributed by atoms with Gasteiger partial charge in [0.2, 0.25) is 0 Å². The predicted molar refractivity (Wildman–Crippen MR) is 144 cm³/mol. The molecule has 0 unspecified atom stereocenters. The maximum absolute atomic E-state index is 11.1. The van der Waals surface area contributed by atoms with E-state index in [1.807, 2.05) is 66.7 Å². The third-order valence-corrected chi connectivity index (χ3v) is 5.68. The van der Waals surface area contributed by atoms with Gasteiger partial charge in [-0.15, -0.1) is 10.2 Å². The summed E-state index contributed by atoms with van der Waals surface area (Å²) in [5.74, 6) is 0.769. The maximum atomic E-state index is 11.1. The molecule has 0 saturated carbocycles. The summed E-state index contributed by atoms with van der Waals surface area (Å²) >= 11 is 0. The van der Waals surface area contributed by atoms with E-state index in [9.17, 15) is 20.6 Å². The van der Waals surface area contributed by atoms with Gasteiger partial charge in [-0.3, -0.25) is 10.1 Å². The number of nitrogens with zero attached hydrogens (tertiary/aromatic N) is 6. The second-order valence-electron chi connectivity index (χ2n) is 8.19. The van der Waals surface area contributed by atoms with E-state index >= 15 is 0 Å². The highest BCUT2D eigenvalue weighted by molar-refractivity contribution is 5.77. The van der Waals surface area contributed by atoms with Gasteiger partial charge in [-0.25, -0.2) is 4.98 Å². The number of pyridine rings is 1. The summed E-state index contributed by atoms with van der Waals surface area (Å²) in [7, 11) is 0. The quantitative estimate of drug-likeness (QED) is 0.144. The molecule has 3 aromatic carbocycles. The molecule has 186 valence electrons. The van der Waals surface area contributed by atoms with Crippen molar-refractivity contribution in [3.05, 3.63) is 111 Å². The first-order chi connectivity index (χ1) is 18.5. The molecule has 38 heavy (non-hydrogen) atoms. The van der Waals surface area contributed by atoms with E-state index in [0.29, 0.717) is 35.0 Å². The molecule has 2 N–H and O–H groups in total. The molecule has 0 radical (unpaired) electrons. The van der Waals surface area contributed by atoms with Crippen LogP contribution in [-0.2, 0) is 6.42 Å². The number of non-ortho nitro benzene ring substituents is 1. The van der Waals surface area contributed by atoms with Crippen molar-refractivity contribution in [3.8, 4) is 12.1 Å². The van der Waals surface area contributed by atoms with E-state index in [0.717, 1.165) is 23.7 Å². The minimum Gasteiger partial charge on any atom is -0.369 e. The number of para-hydroxylation sites is 1. The Hall–Kier alpha value is -5.61. The van der Waals surface area contributed by atoms with Crippen LogP contribution in [0.15, 0.2) is 89.1 Å². The molecule has 0 saturated heterocycles. The number of hydrogen-bond acceptors (Lipinski definition) is 9. The minimum atomic E-state index is -0.583. The summed E-state index contributed by atoms with van der Waals surface area (Å²) in [6.45, 7) is 2.30. The lowest BCUT2D eigenvalue weighted by Crippen LogP contribution is -2.10. The van der Waals surface area contributed by atoms with Gasteiger partial charge < -0.3 is 10.6 Å². The van der Waals surface area contributed by atoms with Gasteiger partial charge in [-0.05, 0) is 37.1 Å². The predicted octanol–water partition coefficient (Wildman–Crippen LogP) is 6.86.